The highest BCUT2D eigenvalue weighted by Gasteiger charge is 2.36. The molecule has 0 bridgehead atoms. The van der Waals surface area contributed by atoms with Gasteiger partial charge in [-0.2, -0.15) is 4.98 Å². The van der Waals surface area contributed by atoms with Crippen LogP contribution in [-0.4, -0.2) is 35.6 Å². The lowest BCUT2D eigenvalue weighted by Gasteiger charge is -2.25. The van der Waals surface area contributed by atoms with Crippen LogP contribution in [0.4, 0.5) is 11.8 Å². The molecule has 1 aromatic rings. The molecule has 3 aliphatic rings. The Balaban J connectivity index is 1.66. The van der Waals surface area contributed by atoms with Gasteiger partial charge in [-0.3, -0.25) is 0 Å². The molecule has 2 fully saturated rings. The first-order valence-electron chi connectivity index (χ1n) is 7.95. The number of fused-ring (bicyclic) bond motifs is 2. The first-order valence-corrected chi connectivity index (χ1v) is 7.95. The highest BCUT2D eigenvalue weighted by Crippen LogP contribution is 2.33. The SMILES string of the molecule is Nc1nc2c(c(N3CC4CCCN[C@H]4C3)n1)CCCC2. The average molecular weight is 273 g/mol. The molecule has 2 atom stereocenters. The van der Waals surface area contributed by atoms with E-state index in [1.165, 1.54) is 43.5 Å². The van der Waals surface area contributed by atoms with Gasteiger partial charge < -0.3 is 16.0 Å². The molecule has 1 aliphatic carbocycles. The number of anilines is 2. The number of aromatic nitrogens is 2. The van der Waals surface area contributed by atoms with Crippen molar-refractivity contribution >= 4 is 11.8 Å². The summed E-state index contributed by atoms with van der Waals surface area (Å²) in [5.74, 6) is 2.35. The van der Waals surface area contributed by atoms with E-state index in [9.17, 15) is 0 Å². The van der Waals surface area contributed by atoms with Gasteiger partial charge in [0, 0.05) is 24.7 Å². The molecule has 4 rings (SSSR count). The fourth-order valence-electron chi connectivity index (χ4n) is 4.07. The number of aryl methyl sites for hydroxylation is 1. The van der Waals surface area contributed by atoms with Crippen LogP contribution in [-0.2, 0) is 12.8 Å². The zero-order valence-corrected chi connectivity index (χ0v) is 11.9. The molecule has 0 amide bonds. The molecule has 0 saturated carbocycles. The summed E-state index contributed by atoms with van der Waals surface area (Å²) in [5.41, 5.74) is 8.49. The minimum atomic E-state index is 0.448. The molecule has 108 valence electrons. The smallest absolute Gasteiger partial charge is 0.222 e. The first kappa shape index (κ1) is 12.4. The third-order valence-electron chi connectivity index (χ3n) is 5.08. The van der Waals surface area contributed by atoms with Crippen molar-refractivity contribution in [3.63, 3.8) is 0 Å². The van der Waals surface area contributed by atoms with Crippen molar-refractivity contribution in [2.75, 3.05) is 30.3 Å². The van der Waals surface area contributed by atoms with Gasteiger partial charge in [-0.25, -0.2) is 4.98 Å². The number of hydrogen-bond acceptors (Lipinski definition) is 5. The predicted molar refractivity (Wildman–Crippen MR) is 79.8 cm³/mol. The molecule has 3 heterocycles. The third-order valence-corrected chi connectivity index (χ3v) is 5.08. The van der Waals surface area contributed by atoms with E-state index in [0.717, 1.165) is 37.7 Å². The molecular formula is C15H23N5. The van der Waals surface area contributed by atoms with Crippen LogP contribution in [0.15, 0.2) is 0 Å². The Hall–Kier alpha value is -1.36. The first-order chi connectivity index (χ1) is 9.81. The van der Waals surface area contributed by atoms with Crippen LogP contribution in [0.5, 0.6) is 0 Å². The van der Waals surface area contributed by atoms with Gasteiger partial charge in [-0.15, -0.1) is 0 Å². The lowest BCUT2D eigenvalue weighted by Crippen LogP contribution is -2.40. The number of rotatable bonds is 1. The highest BCUT2D eigenvalue weighted by molar-refractivity contribution is 5.54. The van der Waals surface area contributed by atoms with Crippen LogP contribution in [0.3, 0.4) is 0 Å². The van der Waals surface area contributed by atoms with Crippen LogP contribution in [0.25, 0.3) is 0 Å². The topological polar surface area (TPSA) is 67.1 Å². The van der Waals surface area contributed by atoms with E-state index in [4.69, 9.17) is 5.73 Å². The Morgan fingerprint density at radius 2 is 2.00 bits per heavy atom. The van der Waals surface area contributed by atoms with E-state index >= 15 is 0 Å². The van der Waals surface area contributed by atoms with Crippen LogP contribution in [0.1, 0.15) is 36.9 Å². The van der Waals surface area contributed by atoms with E-state index in [2.05, 4.69) is 20.2 Å². The zero-order chi connectivity index (χ0) is 13.5. The summed E-state index contributed by atoms with van der Waals surface area (Å²) >= 11 is 0. The molecule has 3 N–H and O–H groups in total. The number of nitrogen functional groups attached to an aromatic ring is 1. The Morgan fingerprint density at radius 1 is 1.10 bits per heavy atom. The maximum atomic E-state index is 5.93. The van der Waals surface area contributed by atoms with E-state index < -0.39 is 0 Å². The third kappa shape index (κ3) is 2.04. The van der Waals surface area contributed by atoms with Gasteiger partial charge in [-0.05, 0) is 51.0 Å². The number of nitrogens with zero attached hydrogens (tertiary/aromatic N) is 3. The zero-order valence-electron chi connectivity index (χ0n) is 11.9. The fraction of sp³-hybridized carbons (Fsp3) is 0.733. The summed E-state index contributed by atoms with van der Waals surface area (Å²) in [6, 6.07) is 0.638. The maximum absolute atomic E-state index is 5.93. The van der Waals surface area contributed by atoms with Crippen molar-refractivity contribution < 1.29 is 0 Å². The monoisotopic (exact) mass is 273 g/mol. The van der Waals surface area contributed by atoms with Crippen molar-refractivity contribution in [1.29, 1.82) is 0 Å². The van der Waals surface area contributed by atoms with E-state index in [0.29, 0.717) is 12.0 Å². The van der Waals surface area contributed by atoms with Crippen LogP contribution in [0, 0.1) is 5.92 Å². The second-order valence-electron chi connectivity index (χ2n) is 6.41. The van der Waals surface area contributed by atoms with Crippen molar-refractivity contribution in [2.45, 2.75) is 44.6 Å². The lowest BCUT2D eigenvalue weighted by molar-refractivity contribution is 0.340. The second kappa shape index (κ2) is 4.88. The summed E-state index contributed by atoms with van der Waals surface area (Å²) < 4.78 is 0. The van der Waals surface area contributed by atoms with Crippen molar-refractivity contribution in [1.82, 2.24) is 15.3 Å². The largest absolute Gasteiger partial charge is 0.368 e. The Kier molecular flexibility index (Phi) is 3.02. The van der Waals surface area contributed by atoms with Crippen LogP contribution in [0.2, 0.25) is 0 Å². The van der Waals surface area contributed by atoms with Gasteiger partial charge >= 0.3 is 0 Å². The van der Waals surface area contributed by atoms with Crippen molar-refractivity contribution in [2.24, 2.45) is 5.92 Å². The normalized spacial score (nSPS) is 29.1. The molecule has 20 heavy (non-hydrogen) atoms. The molecule has 1 aromatic heterocycles. The molecule has 5 nitrogen and oxygen atoms in total. The summed E-state index contributed by atoms with van der Waals surface area (Å²) in [5, 5.41) is 3.66. The van der Waals surface area contributed by atoms with Crippen LogP contribution >= 0.6 is 0 Å². The molecule has 2 saturated heterocycles. The predicted octanol–water partition coefficient (Wildman–Crippen LogP) is 1.13. The van der Waals surface area contributed by atoms with Crippen molar-refractivity contribution in [3.05, 3.63) is 11.3 Å². The summed E-state index contributed by atoms with van der Waals surface area (Å²) in [6.45, 7) is 3.37. The molecule has 1 unspecified atom stereocenters. The van der Waals surface area contributed by atoms with E-state index in [1.807, 2.05) is 0 Å². The quantitative estimate of drug-likeness (QED) is 0.803. The Bertz CT molecular complexity index is 501. The number of nitrogens with one attached hydrogen (secondary N) is 1. The summed E-state index contributed by atoms with van der Waals surface area (Å²) in [4.78, 5) is 11.5. The molecule has 0 spiro atoms. The van der Waals surface area contributed by atoms with Gasteiger partial charge in [0.2, 0.25) is 5.95 Å². The van der Waals surface area contributed by atoms with Crippen molar-refractivity contribution in [3.8, 4) is 0 Å². The van der Waals surface area contributed by atoms with Gasteiger partial charge in [0.25, 0.3) is 0 Å². The van der Waals surface area contributed by atoms with Gasteiger partial charge in [-0.1, -0.05) is 0 Å². The molecule has 0 aromatic carbocycles. The number of nitrogens with two attached hydrogens (primary N) is 1. The summed E-state index contributed by atoms with van der Waals surface area (Å²) in [7, 11) is 0. The Labute approximate surface area is 120 Å². The van der Waals surface area contributed by atoms with Gasteiger partial charge in [0.1, 0.15) is 5.82 Å². The highest BCUT2D eigenvalue weighted by atomic mass is 15.3. The number of piperidine rings is 1. The van der Waals surface area contributed by atoms with Gasteiger partial charge in [0.05, 0.1) is 5.69 Å². The maximum Gasteiger partial charge on any atom is 0.222 e. The molecule has 5 heteroatoms. The minimum Gasteiger partial charge on any atom is -0.368 e. The fourth-order valence-corrected chi connectivity index (χ4v) is 4.07. The summed E-state index contributed by atoms with van der Waals surface area (Å²) in [6.07, 6.45) is 7.32. The number of hydrogen-bond donors (Lipinski definition) is 2. The van der Waals surface area contributed by atoms with E-state index in [1.54, 1.807) is 0 Å². The van der Waals surface area contributed by atoms with Gasteiger partial charge in [0.15, 0.2) is 0 Å². The Morgan fingerprint density at radius 3 is 2.90 bits per heavy atom. The molecular weight excluding hydrogens is 250 g/mol. The minimum absolute atomic E-state index is 0.448. The standard InChI is InChI=1S/C15H23N5/c16-15-18-12-6-2-1-5-11(12)14(19-15)20-8-10-4-3-7-17-13(10)9-20/h10,13,17H,1-9H2,(H2,16,18,19)/t10?,13-/m0/s1. The lowest BCUT2D eigenvalue weighted by atomic mass is 9.94. The van der Waals surface area contributed by atoms with E-state index in [-0.39, 0.29) is 0 Å². The molecule has 2 aliphatic heterocycles. The molecule has 0 radical (unpaired) electrons. The second-order valence-corrected chi connectivity index (χ2v) is 6.41. The average Bonchev–Trinajstić information content (AvgIpc) is 2.90. The van der Waals surface area contributed by atoms with Crippen LogP contribution < -0.4 is 16.0 Å².